The van der Waals surface area contributed by atoms with Gasteiger partial charge in [0.2, 0.25) is 11.8 Å². The van der Waals surface area contributed by atoms with Crippen molar-refractivity contribution in [2.75, 3.05) is 11.1 Å². The number of carbonyl (C=O) groups excluding carboxylic acids is 2. The third-order valence-corrected chi connectivity index (χ3v) is 5.25. The summed E-state index contributed by atoms with van der Waals surface area (Å²) in [6.07, 6.45) is 0. The van der Waals surface area contributed by atoms with Crippen molar-refractivity contribution in [1.82, 2.24) is 9.78 Å². The minimum Gasteiger partial charge on any atom is -0.366 e. The number of nitrogens with two attached hydrogens (primary N) is 1. The molecule has 2 aromatic carbocycles. The number of nitrogens with one attached hydrogen (secondary N) is 1. The van der Waals surface area contributed by atoms with Crippen LogP contribution in [0.15, 0.2) is 53.4 Å². The number of hydrogen-bond acceptors (Lipinski definition) is 6. The Kier molecular flexibility index (Phi) is 6.38. The molecule has 3 aromatic rings. The normalized spacial score (nSPS) is 10.6. The molecule has 0 unspecified atom stereocenters. The number of nitrogens with zero attached hydrogens (tertiary/aromatic N) is 3. The van der Waals surface area contributed by atoms with Gasteiger partial charge in [0.15, 0.2) is 0 Å². The van der Waals surface area contributed by atoms with Gasteiger partial charge in [0.1, 0.15) is 5.82 Å². The first kappa shape index (κ1) is 21.3. The number of primary amides is 1. The lowest BCUT2D eigenvalue weighted by Crippen LogP contribution is -2.17. The summed E-state index contributed by atoms with van der Waals surface area (Å²) in [6, 6.07) is 12.6. The van der Waals surface area contributed by atoms with E-state index in [4.69, 9.17) is 17.3 Å². The zero-order chi connectivity index (χ0) is 21.8. The van der Waals surface area contributed by atoms with Gasteiger partial charge in [-0.15, -0.1) is 11.8 Å². The summed E-state index contributed by atoms with van der Waals surface area (Å²) in [5.41, 5.74) is 6.27. The molecule has 0 aliphatic rings. The summed E-state index contributed by atoms with van der Waals surface area (Å²) in [5.74, 6) is -0.788. The summed E-state index contributed by atoms with van der Waals surface area (Å²) in [6.45, 7) is 1.79. The van der Waals surface area contributed by atoms with Crippen LogP contribution in [-0.2, 0) is 4.79 Å². The Bertz CT molecular complexity index is 1150. The number of rotatable bonds is 7. The van der Waals surface area contributed by atoms with E-state index in [0.717, 1.165) is 17.8 Å². The maximum atomic E-state index is 12.5. The molecule has 3 rings (SSSR count). The number of benzene rings is 2. The van der Waals surface area contributed by atoms with E-state index < -0.39 is 10.8 Å². The van der Waals surface area contributed by atoms with Gasteiger partial charge in [-0.3, -0.25) is 19.7 Å². The van der Waals surface area contributed by atoms with Crippen LogP contribution >= 0.6 is 23.4 Å². The van der Waals surface area contributed by atoms with Crippen LogP contribution in [0.3, 0.4) is 0 Å². The summed E-state index contributed by atoms with van der Waals surface area (Å²) in [5, 5.41) is 18.9. The smallest absolute Gasteiger partial charge is 0.283 e. The number of hydrogen-bond donors (Lipinski definition) is 2. The minimum atomic E-state index is -0.767. The average molecular weight is 446 g/mol. The monoisotopic (exact) mass is 445 g/mol. The topological polar surface area (TPSA) is 133 Å². The van der Waals surface area contributed by atoms with Crippen LogP contribution in [0.1, 0.15) is 16.1 Å². The maximum Gasteiger partial charge on any atom is 0.283 e. The van der Waals surface area contributed by atoms with Gasteiger partial charge >= 0.3 is 0 Å². The zero-order valence-electron chi connectivity index (χ0n) is 15.7. The Morgan fingerprint density at radius 2 is 2.03 bits per heavy atom. The molecule has 11 heteroatoms. The van der Waals surface area contributed by atoms with E-state index in [1.54, 1.807) is 41.9 Å². The van der Waals surface area contributed by atoms with Gasteiger partial charge in [-0.05, 0) is 37.3 Å². The van der Waals surface area contributed by atoms with Crippen molar-refractivity contribution in [2.24, 2.45) is 5.73 Å². The lowest BCUT2D eigenvalue weighted by Gasteiger charge is -2.09. The molecule has 0 saturated carbocycles. The first-order valence-corrected chi connectivity index (χ1v) is 9.94. The van der Waals surface area contributed by atoms with E-state index in [0.29, 0.717) is 22.2 Å². The molecule has 0 bridgehead atoms. The van der Waals surface area contributed by atoms with Crippen molar-refractivity contribution >= 4 is 46.7 Å². The van der Waals surface area contributed by atoms with Gasteiger partial charge in [0.05, 0.1) is 27.0 Å². The molecule has 0 fully saturated rings. The molecule has 0 atom stereocenters. The Balaban J connectivity index is 1.75. The quantitative estimate of drug-likeness (QED) is 0.324. The molecule has 1 heterocycles. The van der Waals surface area contributed by atoms with Gasteiger partial charge in [-0.1, -0.05) is 17.7 Å². The van der Waals surface area contributed by atoms with Gasteiger partial charge in [0, 0.05) is 22.7 Å². The van der Waals surface area contributed by atoms with E-state index in [-0.39, 0.29) is 27.8 Å². The molecule has 0 aliphatic heterocycles. The van der Waals surface area contributed by atoms with Crippen LogP contribution in [0, 0.1) is 17.0 Å². The Morgan fingerprint density at radius 1 is 1.27 bits per heavy atom. The van der Waals surface area contributed by atoms with Crippen molar-refractivity contribution in [2.45, 2.75) is 11.8 Å². The number of thioether (sulfide) groups is 1. The highest BCUT2D eigenvalue weighted by Crippen LogP contribution is 2.30. The molecule has 0 aliphatic carbocycles. The highest BCUT2D eigenvalue weighted by molar-refractivity contribution is 8.00. The zero-order valence-corrected chi connectivity index (χ0v) is 17.2. The highest BCUT2D eigenvalue weighted by Gasteiger charge is 2.19. The van der Waals surface area contributed by atoms with Crippen molar-refractivity contribution in [3.8, 4) is 5.69 Å². The Labute approximate surface area is 180 Å². The summed E-state index contributed by atoms with van der Waals surface area (Å²) < 4.78 is 1.55. The molecule has 30 heavy (non-hydrogen) atoms. The second-order valence-electron chi connectivity index (χ2n) is 6.20. The van der Waals surface area contributed by atoms with Crippen LogP contribution in [-0.4, -0.2) is 32.3 Å². The maximum absolute atomic E-state index is 12.5. The summed E-state index contributed by atoms with van der Waals surface area (Å²) >= 11 is 7.01. The first-order valence-electron chi connectivity index (χ1n) is 8.58. The van der Waals surface area contributed by atoms with Crippen LogP contribution in [0.5, 0.6) is 0 Å². The average Bonchev–Trinajstić information content (AvgIpc) is 3.06. The van der Waals surface area contributed by atoms with Crippen LogP contribution in [0.4, 0.5) is 11.5 Å². The van der Waals surface area contributed by atoms with E-state index in [2.05, 4.69) is 10.4 Å². The fraction of sp³-hybridized carbons (Fsp3) is 0.105. The van der Waals surface area contributed by atoms with Gasteiger partial charge in [-0.25, -0.2) is 4.68 Å². The fourth-order valence-electron chi connectivity index (χ4n) is 2.65. The van der Waals surface area contributed by atoms with Crippen LogP contribution in [0.2, 0.25) is 5.02 Å². The van der Waals surface area contributed by atoms with E-state index in [1.807, 2.05) is 0 Å². The molecule has 9 nitrogen and oxygen atoms in total. The predicted octanol–water partition coefficient (Wildman–Crippen LogP) is 3.57. The Hall–Kier alpha value is -3.37. The third-order valence-electron chi connectivity index (χ3n) is 3.95. The number of nitro benzene ring substituents is 1. The third kappa shape index (κ3) is 4.97. The molecule has 0 saturated heterocycles. The van der Waals surface area contributed by atoms with Gasteiger partial charge in [-0.2, -0.15) is 5.10 Å². The van der Waals surface area contributed by atoms with Crippen LogP contribution < -0.4 is 11.1 Å². The van der Waals surface area contributed by atoms with Crippen molar-refractivity contribution < 1.29 is 14.5 Å². The van der Waals surface area contributed by atoms with Crippen molar-refractivity contribution in [3.05, 3.63) is 74.9 Å². The SMILES string of the molecule is Cc1cc(NC(=O)CSc2ccc(C(N)=O)cc2[N+](=O)[O-])n(-c2cccc(Cl)c2)n1. The number of aryl methyl sites for hydroxylation is 1. The predicted molar refractivity (Wildman–Crippen MR) is 114 cm³/mol. The molecule has 1 aromatic heterocycles. The number of carbonyl (C=O) groups is 2. The largest absolute Gasteiger partial charge is 0.366 e. The van der Waals surface area contributed by atoms with Crippen LogP contribution in [0.25, 0.3) is 5.69 Å². The van der Waals surface area contributed by atoms with E-state index in [1.165, 1.54) is 12.1 Å². The molecule has 154 valence electrons. The summed E-state index contributed by atoms with van der Waals surface area (Å²) in [7, 11) is 0. The standard InChI is InChI=1S/C19H16ClN5O4S/c1-11-7-17(24(23-11)14-4-2-3-13(20)9-14)22-18(26)10-30-16-6-5-12(19(21)27)8-15(16)25(28)29/h2-9H,10H2,1H3,(H2,21,27)(H,22,26). The number of anilines is 1. The summed E-state index contributed by atoms with van der Waals surface area (Å²) in [4.78, 5) is 34.6. The number of amides is 2. The second kappa shape index (κ2) is 8.97. The van der Waals surface area contributed by atoms with E-state index >= 15 is 0 Å². The second-order valence-corrected chi connectivity index (χ2v) is 7.66. The molecular weight excluding hydrogens is 430 g/mol. The van der Waals surface area contributed by atoms with Crippen molar-refractivity contribution in [1.29, 1.82) is 0 Å². The molecule has 0 radical (unpaired) electrons. The number of nitro groups is 1. The lowest BCUT2D eigenvalue weighted by atomic mass is 10.2. The molecular formula is C19H16ClN5O4S. The van der Waals surface area contributed by atoms with Gasteiger partial charge in [0.25, 0.3) is 5.69 Å². The molecule has 2 amide bonds. The highest BCUT2D eigenvalue weighted by atomic mass is 35.5. The fourth-order valence-corrected chi connectivity index (χ4v) is 3.64. The van der Waals surface area contributed by atoms with Gasteiger partial charge < -0.3 is 11.1 Å². The van der Waals surface area contributed by atoms with E-state index in [9.17, 15) is 19.7 Å². The minimum absolute atomic E-state index is 0.0244. The Morgan fingerprint density at radius 3 is 2.70 bits per heavy atom. The number of halogens is 1. The van der Waals surface area contributed by atoms with Crippen molar-refractivity contribution in [3.63, 3.8) is 0 Å². The first-order chi connectivity index (χ1) is 14.2. The lowest BCUT2D eigenvalue weighted by molar-refractivity contribution is -0.387. The molecule has 3 N–H and O–H groups in total. The molecule has 0 spiro atoms. The number of aromatic nitrogens is 2.